The smallest absolute Gasteiger partial charge is 0.0548 e. The van der Waals surface area contributed by atoms with Gasteiger partial charge in [-0.1, -0.05) is 127 Å². The van der Waals surface area contributed by atoms with Crippen molar-refractivity contribution in [2.45, 2.75) is 0 Å². The highest BCUT2D eigenvalue weighted by Crippen LogP contribution is 2.43. The van der Waals surface area contributed by atoms with Gasteiger partial charge in [-0.3, -0.25) is 0 Å². The molecule has 2 aromatic heterocycles. The van der Waals surface area contributed by atoms with Crippen LogP contribution in [-0.2, 0) is 0 Å². The molecule has 0 atom stereocenters. The Morgan fingerprint density at radius 1 is 0.271 bits per heavy atom. The van der Waals surface area contributed by atoms with Gasteiger partial charge >= 0.3 is 0 Å². The lowest BCUT2D eigenvalue weighted by molar-refractivity contribution is 1.17. The molecule has 224 valence electrons. The fourth-order valence-corrected chi connectivity index (χ4v) is 7.69. The Morgan fingerprint density at radius 2 is 0.792 bits per heavy atom. The maximum Gasteiger partial charge on any atom is 0.0548 e. The number of para-hydroxylation sites is 2. The molecule has 0 aliphatic heterocycles. The molecule has 0 radical (unpaired) electrons. The average molecular weight is 611 g/mol. The minimum atomic E-state index is 1.16. The zero-order chi connectivity index (χ0) is 31.6. The summed E-state index contributed by atoms with van der Waals surface area (Å²) < 4.78 is 4.88. The minimum absolute atomic E-state index is 1.16. The maximum absolute atomic E-state index is 2.44. The Kier molecular flexibility index (Phi) is 5.91. The molecule has 0 N–H and O–H groups in total. The minimum Gasteiger partial charge on any atom is -0.309 e. The van der Waals surface area contributed by atoms with Crippen molar-refractivity contribution in [3.63, 3.8) is 0 Å². The quantitative estimate of drug-likeness (QED) is 0.188. The molecule has 0 saturated heterocycles. The van der Waals surface area contributed by atoms with E-state index in [0.717, 1.165) is 5.69 Å². The molecule has 0 unspecified atom stereocenters. The second-order valence-corrected chi connectivity index (χ2v) is 12.6. The van der Waals surface area contributed by atoms with Crippen molar-refractivity contribution in [3.05, 3.63) is 182 Å². The van der Waals surface area contributed by atoms with Crippen molar-refractivity contribution in [1.82, 2.24) is 9.13 Å². The molecule has 0 fully saturated rings. The SMILES string of the molecule is c1ccc(-c2ccc3cc(-n4c5ccccc5c5c6c7ccc(-c8ccccc8)cc7n(-c7ccccc7)c6ccc54)ccc3c2)cc1. The van der Waals surface area contributed by atoms with Crippen LogP contribution < -0.4 is 0 Å². The number of hydrogen-bond donors (Lipinski definition) is 0. The molecule has 48 heavy (non-hydrogen) atoms. The van der Waals surface area contributed by atoms with Gasteiger partial charge in [0, 0.05) is 32.9 Å². The fourth-order valence-electron chi connectivity index (χ4n) is 7.69. The third-order valence-electron chi connectivity index (χ3n) is 9.88. The van der Waals surface area contributed by atoms with E-state index in [1.165, 1.54) is 82.3 Å². The molecule has 10 rings (SSSR count). The topological polar surface area (TPSA) is 9.86 Å². The van der Waals surface area contributed by atoms with E-state index < -0.39 is 0 Å². The molecule has 0 aliphatic rings. The van der Waals surface area contributed by atoms with Crippen LogP contribution in [-0.4, -0.2) is 9.13 Å². The predicted molar refractivity (Wildman–Crippen MR) is 203 cm³/mol. The van der Waals surface area contributed by atoms with Gasteiger partial charge in [0.05, 0.1) is 22.1 Å². The van der Waals surface area contributed by atoms with E-state index in [1.807, 2.05) is 0 Å². The van der Waals surface area contributed by atoms with Gasteiger partial charge in [-0.05, 0) is 87.6 Å². The lowest BCUT2D eigenvalue weighted by atomic mass is 10.0. The Balaban J connectivity index is 1.25. The number of hydrogen-bond acceptors (Lipinski definition) is 0. The van der Waals surface area contributed by atoms with Crippen LogP contribution in [0.4, 0.5) is 0 Å². The molecule has 2 heteroatoms. The number of fused-ring (bicyclic) bond motifs is 8. The zero-order valence-electron chi connectivity index (χ0n) is 26.2. The van der Waals surface area contributed by atoms with Crippen molar-refractivity contribution in [1.29, 1.82) is 0 Å². The number of nitrogens with zero attached hydrogens (tertiary/aromatic N) is 2. The Labute approximate surface area is 278 Å². The maximum atomic E-state index is 2.44. The third-order valence-corrected chi connectivity index (χ3v) is 9.88. The summed E-state index contributed by atoms with van der Waals surface area (Å²) in [5, 5.41) is 7.56. The third kappa shape index (κ3) is 4.06. The van der Waals surface area contributed by atoms with Crippen molar-refractivity contribution < 1.29 is 0 Å². The van der Waals surface area contributed by atoms with Crippen molar-refractivity contribution in [2.75, 3.05) is 0 Å². The summed E-state index contributed by atoms with van der Waals surface area (Å²) in [5.74, 6) is 0. The lowest BCUT2D eigenvalue weighted by Gasteiger charge is -2.11. The highest BCUT2D eigenvalue weighted by atomic mass is 15.0. The summed E-state index contributed by atoms with van der Waals surface area (Å²) in [5.41, 5.74) is 12.1. The normalized spacial score (nSPS) is 11.8. The van der Waals surface area contributed by atoms with Crippen LogP contribution in [0.3, 0.4) is 0 Å². The molecular weight excluding hydrogens is 581 g/mol. The summed E-state index contributed by atoms with van der Waals surface area (Å²) >= 11 is 0. The van der Waals surface area contributed by atoms with E-state index in [-0.39, 0.29) is 0 Å². The second-order valence-electron chi connectivity index (χ2n) is 12.6. The monoisotopic (exact) mass is 610 g/mol. The highest BCUT2D eigenvalue weighted by molar-refractivity contribution is 6.29. The molecule has 8 aromatic carbocycles. The summed E-state index contributed by atoms with van der Waals surface area (Å²) in [6.45, 7) is 0. The first-order chi connectivity index (χ1) is 23.8. The molecular formula is C46H30N2. The Bertz CT molecular complexity index is 2810. The van der Waals surface area contributed by atoms with Gasteiger partial charge in [-0.25, -0.2) is 0 Å². The van der Waals surface area contributed by atoms with Crippen LogP contribution in [0.15, 0.2) is 182 Å². The summed E-state index contributed by atoms with van der Waals surface area (Å²) in [4.78, 5) is 0. The zero-order valence-corrected chi connectivity index (χ0v) is 26.2. The second kappa shape index (κ2) is 10.6. The van der Waals surface area contributed by atoms with E-state index in [0.29, 0.717) is 0 Å². The molecule has 0 aliphatic carbocycles. The molecule has 0 bridgehead atoms. The number of aromatic nitrogens is 2. The predicted octanol–water partition coefficient (Wildman–Crippen LogP) is 12.4. The summed E-state index contributed by atoms with van der Waals surface area (Å²) in [6, 6.07) is 66.1. The molecule has 2 heterocycles. The molecule has 2 nitrogen and oxygen atoms in total. The van der Waals surface area contributed by atoms with Gasteiger partial charge < -0.3 is 9.13 Å². The van der Waals surface area contributed by atoms with Crippen molar-refractivity contribution >= 4 is 54.4 Å². The number of benzene rings is 8. The Hall–Kier alpha value is -6.38. The van der Waals surface area contributed by atoms with Gasteiger partial charge in [-0.2, -0.15) is 0 Å². The van der Waals surface area contributed by atoms with E-state index >= 15 is 0 Å². The first kappa shape index (κ1) is 26.8. The largest absolute Gasteiger partial charge is 0.309 e. The van der Waals surface area contributed by atoms with E-state index in [4.69, 9.17) is 0 Å². The van der Waals surface area contributed by atoms with Gasteiger partial charge in [0.25, 0.3) is 0 Å². The van der Waals surface area contributed by atoms with Crippen LogP contribution in [0.25, 0.3) is 88.0 Å². The molecule has 0 saturated carbocycles. The van der Waals surface area contributed by atoms with Gasteiger partial charge in [-0.15, -0.1) is 0 Å². The van der Waals surface area contributed by atoms with E-state index in [2.05, 4.69) is 191 Å². The highest BCUT2D eigenvalue weighted by Gasteiger charge is 2.21. The summed E-state index contributed by atoms with van der Waals surface area (Å²) in [6.07, 6.45) is 0. The first-order valence-electron chi connectivity index (χ1n) is 16.5. The van der Waals surface area contributed by atoms with Gasteiger partial charge in [0.2, 0.25) is 0 Å². The van der Waals surface area contributed by atoms with Crippen LogP contribution in [0.1, 0.15) is 0 Å². The van der Waals surface area contributed by atoms with Crippen LogP contribution in [0, 0.1) is 0 Å². The Morgan fingerprint density at radius 3 is 1.50 bits per heavy atom. The number of rotatable bonds is 4. The van der Waals surface area contributed by atoms with Crippen LogP contribution >= 0.6 is 0 Å². The first-order valence-corrected chi connectivity index (χ1v) is 16.5. The van der Waals surface area contributed by atoms with Crippen molar-refractivity contribution in [3.8, 4) is 33.6 Å². The van der Waals surface area contributed by atoms with Crippen LogP contribution in [0.5, 0.6) is 0 Å². The van der Waals surface area contributed by atoms with Gasteiger partial charge in [0.15, 0.2) is 0 Å². The van der Waals surface area contributed by atoms with E-state index in [9.17, 15) is 0 Å². The lowest BCUT2D eigenvalue weighted by Crippen LogP contribution is -1.95. The molecule has 10 aromatic rings. The van der Waals surface area contributed by atoms with Crippen LogP contribution in [0.2, 0.25) is 0 Å². The van der Waals surface area contributed by atoms with Gasteiger partial charge in [0.1, 0.15) is 0 Å². The van der Waals surface area contributed by atoms with Crippen molar-refractivity contribution in [2.24, 2.45) is 0 Å². The molecule has 0 spiro atoms. The molecule has 0 amide bonds. The standard InChI is InChI=1S/C46H30N2/c1-4-12-31(13-5-1)33-20-21-35-29-38(24-22-34(35)28-33)48-41-19-11-10-18-39(41)45-43(48)27-26-42-46(45)40-25-23-36(32-14-6-2-7-15-32)30-44(40)47(42)37-16-8-3-9-17-37/h1-30H. The summed E-state index contributed by atoms with van der Waals surface area (Å²) in [7, 11) is 0. The fraction of sp³-hybridized carbons (Fsp3) is 0. The average Bonchev–Trinajstić information content (AvgIpc) is 3.68. The van der Waals surface area contributed by atoms with E-state index in [1.54, 1.807) is 0 Å².